The molecule has 7 heteroatoms. The van der Waals surface area contributed by atoms with Crippen LogP contribution in [0.5, 0.6) is 0 Å². The molecule has 1 aliphatic rings. The number of ether oxygens (including phenoxy) is 2. The van der Waals surface area contributed by atoms with Crippen LogP contribution in [0.25, 0.3) is 11.3 Å². The molecule has 1 unspecified atom stereocenters. The van der Waals surface area contributed by atoms with Crippen LogP contribution in [0.1, 0.15) is 19.3 Å². The first-order valence-corrected chi connectivity index (χ1v) is 10.4. The van der Waals surface area contributed by atoms with E-state index in [1.807, 2.05) is 24.4 Å². The van der Waals surface area contributed by atoms with E-state index in [2.05, 4.69) is 27.0 Å². The SMILES string of the molecule is COCCCNC(=O)CSc1ncc(-c2ccccc2)n1CC1CCCO1. The predicted octanol–water partition coefficient (Wildman–Crippen LogP) is 2.97. The van der Waals surface area contributed by atoms with Gasteiger partial charge in [-0.1, -0.05) is 42.1 Å². The van der Waals surface area contributed by atoms with E-state index < -0.39 is 0 Å². The molecule has 0 saturated carbocycles. The van der Waals surface area contributed by atoms with Gasteiger partial charge in [-0.3, -0.25) is 4.79 Å². The molecular weight excluding hydrogens is 362 g/mol. The first-order valence-electron chi connectivity index (χ1n) is 9.39. The molecule has 6 nitrogen and oxygen atoms in total. The number of benzene rings is 1. The number of rotatable bonds is 10. The Labute approximate surface area is 164 Å². The lowest BCUT2D eigenvalue weighted by Crippen LogP contribution is -2.27. The van der Waals surface area contributed by atoms with Gasteiger partial charge in [0.05, 0.1) is 30.3 Å². The van der Waals surface area contributed by atoms with E-state index in [-0.39, 0.29) is 12.0 Å². The highest BCUT2D eigenvalue weighted by Crippen LogP contribution is 2.28. The summed E-state index contributed by atoms with van der Waals surface area (Å²) >= 11 is 1.47. The Morgan fingerprint density at radius 1 is 1.41 bits per heavy atom. The monoisotopic (exact) mass is 389 g/mol. The van der Waals surface area contributed by atoms with Gasteiger partial charge in [-0.25, -0.2) is 4.98 Å². The summed E-state index contributed by atoms with van der Waals surface area (Å²) in [6.07, 6.45) is 5.09. The van der Waals surface area contributed by atoms with Crippen LogP contribution in [-0.2, 0) is 20.8 Å². The Morgan fingerprint density at radius 3 is 3.00 bits per heavy atom. The van der Waals surface area contributed by atoms with Crippen molar-refractivity contribution in [1.82, 2.24) is 14.9 Å². The Bertz CT molecular complexity index is 715. The number of hydrogen-bond donors (Lipinski definition) is 1. The maximum Gasteiger partial charge on any atom is 0.230 e. The molecule has 1 saturated heterocycles. The Morgan fingerprint density at radius 2 is 2.26 bits per heavy atom. The van der Waals surface area contributed by atoms with Gasteiger partial charge in [-0.2, -0.15) is 0 Å². The molecule has 1 fully saturated rings. The van der Waals surface area contributed by atoms with Crippen LogP contribution >= 0.6 is 11.8 Å². The molecule has 0 spiro atoms. The van der Waals surface area contributed by atoms with Crippen LogP contribution < -0.4 is 5.32 Å². The van der Waals surface area contributed by atoms with Crippen LogP contribution in [0.3, 0.4) is 0 Å². The molecule has 2 aromatic rings. The van der Waals surface area contributed by atoms with Crippen LogP contribution in [0.4, 0.5) is 0 Å². The lowest BCUT2D eigenvalue weighted by Gasteiger charge is -2.16. The number of carbonyl (C=O) groups is 1. The lowest BCUT2D eigenvalue weighted by atomic mass is 10.1. The number of aromatic nitrogens is 2. The van der Waals surface area contributed by atoms with E-state index >= 15 is 0 Å². The van der Waals surface area contributed by atoms with Crippen LogP contribution in [0, 0.1) is 0 Å². The number of methoxy groups -OCH3 is 1. The standard InChI is InChI=1S/C20H27N3O3S/c1-25-11-6-10-21-19(24)15-27-20-22-13-18(16-7-3-2-4-8-16)23(20)14-17-9-5-12-26-17/h2-4,7-8,13,17H,5-6,9-12,14-15H2,1H3,(H,21,24). The zero-order chi connectivity index (χ0) is 18.9. The average Bonchev–Trinajstić information content (AvgIpc) is 3.35. The van der Waals surface area contributed by atoms with Crippen LogP contribution in [-0.4, -0.2) is 54.2 Å². The molecule has 3 rings (SSSR count). The summed E-state index contributed by atoms with van der Waals surface area (Å²) in [5.74, 6) is 0.369. The Hall–Kier alpha value is -1.83. The van der Waals surface area contributed by atoms with Crippen molar-refractivity contribution in [2.75, 3.05) is 32.6 Å². The molecule has 1 aromatic carbocycles. The molecule has 1 aromatic heterocycles. The summed E-state index contributed by atoms with van der Waals surface area (Å²) < 4.78 is 13.0. The molecule has 2 heterocycles. The van der Waals surface area contributed by atoms with E-state index in [4.69, 9.17) is 9.47 Å². The maximum atomic E-state index is 12.1. The van der Waals surface area contributed by atoms with Crippen molar-refractivity contribution in [3.8, 4) is 11.3 Å². The summed E-state index contributed by atoms with van der Waals surface area (Å²) in [6, 6.07) is 10.2. The Balaban J connectivity index is 1.66. The summed E-state index contributed by atoms with van der Waals surface area (Å²) in [7, 11) is 1.66. The minimum absolute atomic E-state index is 0.0176. The minimum Gasteiger partial charge on any atom is -0.385 e. The molecule has 0 radical (unpaired) electrons. The van der Waals surface area contributed by atoms with Crippen molar-refractivity contribution >= 4 is 17.7 Å². The highest BCUT2D eigenvalue weighted by atomic mass is 32.2. The van der Waals surface area contributed by atoms with Crippen molar-refractivity contribution in [1.29, 1.82) is 0 Å². The first kappa shape index (κ1) is 19.9. The third-order valence-electron chi connectivity index (χ3n) is 4.48. The summed E-state index contributed by atoms with van der Waals surface area (Å²) in [5, 5.41) is 3.78. The third kappa shape index (κ3) is 5.82. The highest BCUT2D eigenvalue weighted by Gasteiger charge is 2.21. The van der Waals surface area contributed by atoms with E-state index in [1.165, 1.54) is 11.8 Å². The van der Waals surface area contributed by atoms with Gasteiger partial charge in [0, 0.05) is 26.9 Å². The highest BCUT2D eigenvalue weighted by molar-refractivity contribution is 7.99. The lowest BCUT2D eigenvalue weighted by molar-refractivity contribution is -0.118. The van der Waals surface area contributed by atoms with Crippen molar-refractivity contribution in [2.45, 2.75) is 37.1 Å². The molecule has 1 amide bonds. The number of thioether (sulfide) groups is 1. The normalized spacial score (nSPS) is 16.6. The molecule has 0 aliphatic carbocycles. The van der Waals surface area contributed by atoms with Crippen LogP contribution in [0.15, 0.2) is 41.7 Å². The second-order valence-electron chi connectivity index (χ2n) is 6.52. The third-order valence-corrected chi connectivity index (χ3v) is 5.47. The van der Waals surface area contributed by atoms with Gasteiger partial charge < -0.3 is 19.4 Å². The average molecular weight is 390 g/mol. The fourth-order valence-electron chi connectivity index (χ4n) is 3.11. The minimum atomic E-state index is 0.0176. The number of amides is 1. The zero-order valence-electron chi connectivity index (χ0n) is 15.7. The van der Waals surface area contributed by atoms with Crippen LogP contribution in [0.2, 0.25) is 0 Å². The number of imidazole rings is 1. The van der Waals surface area contributed by atoms with Gasteiger partial charge >= 0.3 is 0 Å². The van der Waals surface area contributed by atoms with Crippen molar-refractivity contribution in [3.05, 3.63) is 36.5 Å². The summed E-state index contributed by atoms with van der Waals surface area (Å²) in [5.41, 5.74) is 2.19. The van der Waals surface area contributed by atoms with Crippen molar-refractivity contribution in [2.24, 2.45) is 0 Å². The molecule has 1 aliphatic heterocycles. The maximum absolute atomic E-state index is 12.1. The van der Waals surface area contributed by atoms with Gasteiger partial charge in [-0.15, -0.1) is 0 Å². The van der Waals surface area contributed by atoms with Gasteiger partial charge in [0.1, 0.15) is 0 Å². The molecule has 1 N–H and O–H groups in total. The molecule has 27 heavy (non-hydrogen) atoms. The molecule has 1 atom stereocenters. The van der Waals surface area contributed by atoms with Gasteiger partial charge in [0.25, 0.3) is 0 Å². The van der Waals surface area contributed by atoms with Gasteiger partial charge in [0.15, 0.2) is 5.16 Å². The molecule has 0 bridgehead atoms. The Kier molecular flexibility index (Phi) is 7.74. The largest absolute Gasteiger partial charge is 0.385 e. The topological polar surface area (TPSA) is 65.4 Å². The van der Waals surface area contributed by atoms with Crippen molar-refractivity contribution < 1.29 is 14.3 Å². The fraction of sp³-hybridized carbons (Fsp3) is 0.500. The van der Waals surface area contributed by atoms with Crippen molar-refractivity contribution in [3.63, 3.8) is 0 Å². The van der Waals surface area contributed by atoms with E-state index in [1.54, 1.807) is 7.11 Å². The van der Waals surface area contributed by atoms with E-state index in [9.17, 15) is 4.79 Å². The smallest absolute Gasteiger partial charge is 0.230 e. The number of nitrogens with one attached hydrogen (secondary N) is 1. The number of carbonyl (C=O) groups excluding carboxylic acids is 1. The van der Waals surface area contributed by atoms with E-state index in [0.29, 0.717) is 18.9 Å². The quantitative estimate of drug-likeness (QED) is 0.500. The molecule has 146 valence electrons. The number of hydrogen-bond acceptors (Lipinski definition) is 5. The van der Waals surface area contributed by atoms with Gasteiger partial charge in [-0.05, 0) is 24.8 Å². The molecular formula is C20H27N3O3S. The summed E-state index contributed by atoms with van der Waals surface area (Å²) in [6.45, 7) is 2.88. The second-order valence-corrected chi connectivity index (χ2v) is 7.47. The van der Waals surface area contributed by atoms with Gasteiger partial charge in [0.2, 0.25) is 5.91 Å². The summed E-state index contributed by atoms with van der Waals surface area (Å²) in [4.78, 5) is 16.7. The zero-order valence-corrected chi connectivity index (χ0v) is 16.5. The van der Waals surface area contributed by atoms with E-state index in [0.717, 1.165) is 48.8 Å². The second kappa shape index (κ2) is 10.5. The first-order chi connectivity index (χ1) is 13.3. The predicted molar refractivity (Wildman–Crippen MR) is 107 cm³/mol. The fourth-order valence-corrected chi connectivity index (χ4v) is 3.93. The number of nitrogens with zero attached hydrogens (tertiary/aromatic N) is 2.